The molecule has 0 aliphatic heterocycles. The van der Waals surface area contributed by atoms with Crippen LogP contribution in [0.3, 0.4) is 0 Å². The van der Waals surface area contributed by atoms with Gasteiger partial charge in [-0.2, -0.15) is 5.10 Å². The highest BCUT2D eigenvalue weighted by atomic mass is 127. The van der Waals surface area contributed by atoms with Gasteiger partial charge in [0.25, 0.3) is 0 Å². The van der Waals surface area contributed by atoms with E-state index >= 15 is 0 Å². The Bertz CT molecular complexity index is 459. The van der Waals surface area contributed by atoms with Crippen molar-refractivity contribution in [2.45, 2.75) is 40.2 Å². The largest absolute Gasteiger partial charge is 0.380 e. The molecule has 0 saturated heterocycles. The second-order valence-corrected chi connectivity index (χ2v) is 4.75. The third-order valence-corrected chi connectivity index (χ3v) is 3.43. The van der Waals surface area contributed by atoms with Gasteiger partial charge < -0.3 is 15.4 Å². The van der Waals surface area contributed by atoms with Crippen molar-refractivity contribution >= 4 is 29.9 Å². The van der Waals surface area contributed by atoms with Crippen LogP contribution < -0.4 is 10.6 Å². The van der Waals surface area contributed by atoms with Crippen molar-refractivity contribution in [2.75, 3.05) is 26.8 Å². The zero-order chi connectivity index (χ0) is 15.7. The number of aryl methyl sites for hydroxylation is 2. The molecule has 7 heteroatoms. The van der Waals surface area contributed by atoms with Crippen molar-refractivity contribution in [1.29, 1.82) is 0 Å². The van der Waals surface area contributed by atoms with Crippen LogP contribution in [0.4, 0.5) is 0 Å². The molecule has 2 N–H and O–H groups in total. The van der Waals surface area contributed by atoms with Crippen LogP contribution in [-0.2, 0) is 31.2 Å². The van der Waals surface area contributed by atoms with E-state index in [9.17, 15) is 0 Å². The lowest BCUT2D eigenvalue weighted by Crippen LogP contribution is -2.38. The smallest absolute Gasteiger partial charge is 0.191 e. The van der Waals surface area contributed by atoms with Crippen LogP contribution >= 0.6 is 24.0 Å². The molecule has 1 aromatic heterocycles. The Balaban J connectivity index is 0.00000441. The number of rotatable bonds is 8. The SMILES string of the molecule is CCOCCNC(=NC)NCc1c(CC)nn(C)c1CC.I. The summed E-state index contributed by atoms with van der Waals surface area (Å²) in [6, 6.07) is 0. The fourth-order valence-corrected chi connectivity index (χ4v) is 2.37. The van der Waals surface area contributed by atoms with E-state index in [2.05, 4.69) is 34.6 Å². The molecular weight excluding hydrogens is 393 g/mol. The maximum atomic E-state index is 5.31. The van der Waals surface area contributed by atoms with Gasteiger partial charge in [0.2, 0.25) is 0 Å². The van der Waals surface area contributed by atoms with Gasteiger partial charge in [-0.3, -0.25) is 9.67 Å². The van der Waals surface area contributed by atoms with Gasteiger partial charge in [0.15, 0.2) is 5.96 Å². The first-order valence-electron chi connectivity index (χ1n) is 7.73. The molecule has 0 atom stereocenters. The molecule has 0 radical (unpaired) electrons. The highest BCUT2D eigenvalue weighted by molar-refractivity contribution is 14.0. The van der Waals surface area contributed by atoms with E-state index in [1.54, 1.807) is 7.05 Å². The van der Waals surface area contributed by atoms with Gasteiger partial charge in [-0.25, -0.2) is 0 Å². The average Bonchev–Trinajstić information content (AvgIpc) is 2.81. The zero-order valence-corrected chi connectivity index (χ0v) is 16.7. The van der Waals surface area contributed by atoms with Gasteiger partial charge in [-0.15, -0.1) is 24.0 Å². The van der Waals surface area contributed by atoms with Gasteiger partial charge in [0, 0.05) is 45.0 Å². The molecule has 128 valence electrons. The molecule has 0 aliphatic carbocycles. The summed E-state index contributed by atoms with van der Waals surface area (Å²) in [4.78, 5) is 4.23. The molecule has 0 amide bonds. The van der Waals surface area contributed by atoms with Crippen LogP contribution in [0.5, 0.6) is 0 Å². The quantitative estimate of drug-likeness (QED) is 0.290. The van der Waals surface area contributed by atoms with Crippen molar-refractivity contribution in [3.63, 3.8) is 0 Å². The third-order valence-electron chi connectivity index (χ3n) is 3.43. The minimum absolute atomic E-state index is 0. The summed E-state index contributed by atoms with van der Waals surface area (Å²) < 4.78 is 7.30. The van der Waals surface area contributed by atoms with Crippen molar-refractivity contribution in [3.05, 3.63) is 17.0 Å². The summed E-state index contributed by atoms with van der Waals surface area (Å²) in [6.45, 7) is 9.22. The van der Waals surface area contributed by atoms with Crippen molar-refractivity contribution < 1.29 is 4.74 Å². The van der Waals surface area contributed by atoms with E-state index in [4.69, 9.17) is 4.74 Å². The maximum Gasteiger partial charge on any atom is 0.191 e. The second-order valence-electron chi connectivity index (χ2n) is 4.75. The van der Waals surface area contributed by atoms with E-state index in [0.29, 0.717) is 6.61 Å². The van der Waals surface area contributed by atoms with E-state index in [1.807, 2.05) is 18.7 Å². The standard InChI is InChI=1S/C15H29N5O.HI/c1-6-13-12(14(7-2)20(5)19-13)11-18-15(16-4)17-9-10-21-8-3;/h6-11H2,1-5H3,(H2,16,17,18);1H. The predicted molar refractivity (Wildman–Crippen MR) is 102 cm³/mol. The van der Waals surface area contributed by atoms with Gasteiger partial charge >= 0.3 is 0 Å². The second kappa shape index (κ2) is 11.7. The Morgan fingerprint density at radius 3 is 2.50 bits per heavy atom. The number of nitrogens with zero attached hydrogens (tertiary/aromatic N) is 3. The first kappa shape index (κ1) is 21.2. The Morgan fingerprint density at radius 1 is 1.23 bits per heavy atom. The molecule has 1 rings (SSSR count). The van der Waals surface area contributed by atoms with E-state index < -0.39 is 0 Å². The molecule has 0 aromatic carbocycles. The normalized spacial score (nSPS) is 11.2. The number of guanidine groups is 1. The third kappa shape index (κ3) is 6.12. The van der Waals surface area contributed by atoms with Gasteiger partial charge in [0.1, 0.15) is 0 Å². The minimum Gasteiger partial charge on any atom is -0.380 e. The Kier molecular flexibility index (Phi) is 11.3. The number of ether oxygens (including phenoxy) is 1. The van der Waals surface area contributed by atoms with Gasteiger partial charge in [-0.05, 0) is 19.8 Å². The number of halogens is 1. The molecule has 0 spiro atoms. The fourth-order valence-electron chi connectivity index (χ4n) is 2.37. The number of aliphatic imine (C=N–C) groups is 1. The first-order chi connectivity index (χ1) is 10.2. The van der Waals surface area contributed by atoms with Crippen molar-refractivity contribution in [1.82, 2.24) is 20.4 Å². The molecule has 0 aliphatic rings. The minimum atomic E-state index is 0. The van der Waals surface area contributed by atoms with Crippen LogP contribution in [0.25, 0.3) is 0 Å². The van der Waals surface area contributed by atoms with Crippen LogP contribution in [0.1, 0.15) is 37.7 Å². The molecular formula is C15H30IN5O. The van der Waals surface area contributed by atoms with Crippen LogP contribution in [0.15, 0.2) is 4.99 Å². The molecule has 0 unspecified atom stereocenters. The Hall–Kier alpha value is -0.830. The summed E-state index contributed by atoms with van der Waals surface area (Å²) in [5, 5.41) is 11.2. The van der Waals surface area contributed by atoms with E-state index in [0.717, 1.165) is 44.2 Å². The van der Waals surface area contributed by atoms with E-state index in [-0.39, 0.29) is 24.0 Å². The lowest BCUT2D eigenvalue weighted by Gasteiger charge is -2.12. The molecule has 22 heavy (non-hydrogen) atoms. The summed E-state index contributed by atoms with van der Waals surface area (Å²) in [6.07, 6.45) is 1.93. The van der Waals surface area contributed by atoms with Crippen LogP contribution in [0, 0.1) is 0 Å². The number of nitrogens with one attached hydrogen (secondary N) is 2. The predicted octanol–water partition coefficient (Wildman–Crippen LogP) is 1.86. The summed E-state index contributed by atoms with van der Waals surface area (Å²) >= 11 is 0. The lowest BCUT2D eigenvalue weighted by atomic mass is 10.1. The highest BCUT2D eigenvalue weighted by Crippen LogP contribution is 2.14. The maximum absolute atomic E-state index is 5.31. The summed E-state index contributed by atoms with van der Waals surface area (Å²) in [5.41, 5.74) is 3.73. The first-order valence-corrected chi connectivity index (χ1v) is 7.73. The van der Waals surface area contributed by atoms with Crippen LogP contribution in [-0.4, -0.2) is 42.5 Å². The molecule has 6 nitrogen and oxygen atoms in total. The Labute approximate surface area is 151 Å². The number of aromatic nitrogens is 2. The molecule has 1 aromatic rings. The summed E-state index contributed by atoms with van der Waals surface area (Å²) in [7, 11) is 3.79. The lowest BCUT2D eigenvalue weighted by molar-refractivity contribution is 0.152. The highest BCUT2D eigenvalue weighted by Gasteiger charge is 2.13. The number of hydrogen-bond donors (Lipinski definition) is 2. The van der Waals surface area contributed by atoms with Gasteiger partial charge in [0.05, 0.1) is 12.3 Å². The molecule has 1 heterocycles. The monoisotopic (exact) mass is 423 g/mol. The zero-order valence-electron chi connectivity index (χ0n) is 14.4. The van der Waals surface area contributed by atoms with E-state index in [1.165, 1.54) is 11.3 Å². The fraction of sp³-hybridized carbons (Fsp3) is 0.733. The van der Waals surface area contributed by atoms with Crippen LogP contribution in [0.2, 0.25) is 0 Å². The van der Waals surface area contributed by atoms with Crippen molar-refractivity contribution in [3.8, 4) is 0 Å². The molecule has 0 bridgehead atoms. The van der Waals surface area contributed by atoms with Crippen molar-refractivity contribution in [2.24, 2.45) is 12.0 Å². The molecule has 0 fully saturated rings. The average molecular weight is 423 g/mol. The Morgan fingerprint density at radius 2 is 1.95 bits per heavy atom. The van der Waals surface area contributed by atoms with Gasteiger partial charge in [-0.1, -0.05) is 13.8 Å². The molecule has 0 saturated carbocycles. The summed E-state index contributed by atoms with van der Waals surface area (Å²) in [5.74, 6) is 0.794. The topological polar surface area (TPSA) is 63.5 Å². The number of hydrogen-bond acceptors (Lipinski definition) is 3.